The van der Waals surface area contributed by atoms with Gasteiger partial charge in [-0.15, -0.1) is 0 Å². The lowest BCUT2D eigenvalue weighted by atomic mass is 10.1. The molecule has 1 unspecified atom stereocenters. The van der Waals surface area contributed by atoms with Crippen molar-refractivity contribution in [2.24, 2.45) is 0 Å². The second kappa shape index (κ2) is 55.4. The van der Waals surface area contributed by atoms with Crippen LogP contribution < -0.4 is 0 Å². The summed E-state index contributed by atoms with van der Waals surface area (Å²) in [5.74, 6) is -0.895. The first-order valence-corrected chi connectivity index (χ1v) is 28.4. The lowest BCUT2D eigenvalue weighted by Gasteiger charge is -2.18. The molecular weight excluding hydrogens is 829 g/mol. The molecule has 0 fully saturated rings. The minimum Gasteiger partial charge on any atom is -0.462 e. The van der Waals surface area contributed by atoms with Crippen molar-refractivity contribution in [1.82, 2.24) is 0 Å². The third-order valence-electron chi connectivity index (χ3n) is 12.2. The van der Waals surface area contributed by atoms with Crippen molar-refractivity contribution in [2.45, 2.75) is 284 Å². The molecule has 0 rings (SSSR count). The average molecular weight is 936 g/mol. The molecular formula is C61H106O6. The van der Waals surface area contributed by atoms with E-state index in [1.165, 1.54) is 135 Å². The highest BCUT2D eigenvalue weighted by molar-refractivity contribution is 5.71. The monoisotopic (exact) mass is 935 g/mol. The van der Waals surface area contributed by atoms with Gasteiger partial charge in [-0.2, -0.15) is 0 Å². The Kier molecular flexibility index (Phi) is 52.8. The third-order valence-corrected chi connectivity index (χ3v) is 12.2. The number of esters is 3. The number of hydrogen-bond donors (Lipinski definition) is 0. The van der Waals surface area contributed by atoms with Gasteiger partial charge in [0.05, 0.1) is 0 Å². The molecule has 6 nitrogen and oxygen atoms in total. The van der Waals surface area contributed by atoms with Crippen molar-refractivity contribution in [3.05, 3.63) is 72.9 Å². The third kappa shape index (κ3) is 53.7. The van der Waals surface area contributed by atoms with Gasteiger partial charge < -0.3 is 14.2 Å². The Hall–Kier alpha value is -3.15. The summed E-state index contributed by atoms with van der Waals surface area (Å²) in [4.78, 5) is 38.0. The molecule has 1 atom stereocenters. The first-order chi connectivity index (χ1) is 33.0. The number of hydrogen-bond acceptors (Lipinski definition) is 6. The van der Waals surface area contributed by atoms with Gasteiger partial charge in [0.1, 0.15) is 13.2 Å². The molecule has 0 aromatic heterocycles. The maximum absolute atomic E-state index is 12.8. The molecule has 0 bridgehead atoms. The fourth-order valence-corrected chi connectivity index (χ4v) is 7.93. The van der Waals surface area contributed by atoms with Crippen LogP contribution in [0.3, 0.4) is 0 Å². The summed E-state index contributed by atoms with van der Waals surface area (Å²) >= 11 is 0. The summed E-state index contributed by atoms with van der Waals surface area (Å²) in [7, 11) is 0. The Bertz CT molecular complexity index is 1260. The normalized spacial score (nSPS) is 12.6. The smallest absolute Gasteiger partial charge is 0.306 e. The molecule has 0 aliphatic rings. The van der Waals surface area contributed by atoms with E-state index in [2.05, 4.69) is 93.7 Å². The first kappa shape index (κ1) is 63.8. The summed E-state index contributed by atoms with van der Waals surface area (Å²) < 4.78 is 16.8. The molecule has 67 heavy (non-hydrogen) atoms. The Morgan fingerprint density at radius 2 is 0.582 bits per heavy atom. The van der Waals surface area contributed by atoms with E-state index in [9.17, 15) is 14.4 Å². The van der Waals surface area contributed by atoms with Crippen LogP contribution in [0, 0.1) is 0 Å². The largest absolute Gasteiger partial charge is 0.462 e. The van der Waals surface area contributed by atoms with Gasteiger partial charge in [-0.25, -0.2) is 0 Å². The number of unbranched alkanes of at least 4 members (excludes halogenated alkanes) is 28. The molecule has 0 amide bonds. The number of allylic oxidation sites excluding steroid dienone is 12. The van der Waals surface area contributed by atoms with E-state index in [1.54, 1.807) is 0 Å². The van der Waals surface area contributed by atoms with Crippen LogP contribution in [0.5, 0.6) is 0 Å². The van der Waals surface area contributed by atoms with Gasteiger partial charge in [0.15, 0.2) is 6.10 Å². The Morgan fingerprint density at radius 3 is 0.910 bits per heavy atom. The van der Waals surface area contributed by atoms with E-state index < -0.39 is 6.10 Å². The predicted octanol–water partition coefficient (Wildman–Crippen LogP) is 19.0. The molecule has 0 radical (unpaired) electrons. The van der Waals surface area contributed by atoms with Crippen LogP contribution in [0.1, 0.15) is 278 Å². The number of carbonyl (C=O) groups excluding carboxylic acids is 3. The standard InChI is InChI=1S/C61H106O6/c1-4-7-10-13-16-19-21-23-25-27-29-30-32-33-35-37-39-42-45-48-51-54-60(63)66-57-58(56-65-59(62)53-50-47-44-41-18-15-12-9-6-3)67-61(64)55-52-49-46-43-40-38-36-34-31-28-26-24-22-20-17-14-11-8-5-2/h8,11,17,20-21,23-24,26-27,29,31,34,58H,4-7,9-10,12-16,18-19,22,25,28,30,32-33,35-57H2,1-3H3/b11-8-,20-17-,23-21-,26-24-,29-27-,34-31-. The van der Waals surface area contributed by atoms with Gasteiger partial charge in [0, 0.05) is 19.3 Å². The number of carbonyl (C=O) groups is 3. The topological polar surface area (TPSA) is 78.9 Å². The summed E-state index contributed by atoms with van der Waals surface area (Å²) in [6.45, 7) is 6.50. The molecule has 0 aliphatic heterocycles. The van der Waals surface area contributed by atoms with E-state index in [4.69, 9.17) is 14.2 Å². The second-order valence-corrected chi connectivity index (χ2v) is 18.8. The quantitative estimate of drug-likeness (QED) is 0.0262. The molecule has 0 N–H and O–H groups in total. The fraction of sp³-hybridized carbons (Fsp3) is 0.754. The number of rotatable bonds is 51. The maximum atomic E-state index is 12.8. The van der Waals surface area contributed by atoms with Crippen LogP contribution >= 0.6 is 0 Å². The Morgan fingerprint density at radius 1 is 0.313 bits per heavy atom. The SMILES string of the molecule is CC/C=C\C/C=C\C/C=C\C/C=C\CCCCCCCCC(=O)OC(COC(=O)CCCCCCCCCCC)COC(=O)CCCCCCCCCCC/C=C\C/C=C\CCCCCCC. The molecule has 0 heterocycles. The zero-order valence-corrected chi connectivity index (χ0v) is 44.2. The average Bonchev–Trinajstić information content (AvgIpc) is 3.33. The zero-order valence-electron chi connectivity index (χ0n) is 44.2. The summed E-state index contributed by atoms with van der Waals surface area (Å²) in [5, 5.41) is 0. The van der Waals surface area contributed by atoms with E-state index in [-0.39, 0.29) is 31.1 Å². The molecule has 386 valence electrons. The molecule has 0 aromatic carbocycles. The zero-order chi connectivity index (χ0) is 48.6. The Balaban J connectivity index is 4.30. The molecule has 0 spiro atoms. The van der Waals surface area contributed by atoms with Gasteiger partial charge in [-0.05, 0) is 89.9 Å². The molecule has 0 saturated heterocycles. The maximum Gasteiger partial charge on any atom is 0.306 e. The van der Waals surface area contributed by atoms with Crippen LogP contribution in [-0.2, 0) is 28.6 Å². The van der Waals surface area contributed by atoms with Crippen LogP contribution in [0.2, 0.25) is 0 Å². The van der Waals surface area contributed by atoms with Gasteiger partial charge in [0.25, 0.3) is 0 Å². The van der Waals surface area contributed by atoms with E-state index in [0.717, 1.165) is 103 Å². The van der Waals surface area contributed by atoms with Crippen LogP contribution in [0.15, 0.2) is 72.9 Å². The lowest BCUT2D eigenvalue weighted by Crippen LogP contribution is -2.30. The summed E-state index contributed by atoms with van der Waals surface area (Å²) in [6, 6.07) is 0. The van der Waals surface area contributed by atoms with Gasteiger partial charge in [-0.1, -0.05) is 241 Å². The van der Waals surface area contributed by atoms with E-state index in [0.29, 0.717) is 19.3 Å². The highest BCUT2D eigenvalue weighted by Gasteiger charge is 2.19. The molecule has 6 heteroatoms. The van der Waals surface area contributed by atoms with Crippen LogP contribution in [0.25, 0.3) is 0 Å². The summed E-state index contributed by atoms with van der Waals surface area (Å²) in [5.41, 5.74) is 0. The molecule has 0 aliphatic carbocycles. The Labute approximate surface area is 414 Å². The highest BCUT2D eigenvalue weighted by atomic mass is 16.6. The van der Waals surface area contributed by atoms with E-state index in [1.807, 2.05) is 0 Å². The van der Waals surface area contributed by atoms with Crippen molar-refractivity contribution in [3.8, 4) is 0 Å². The summed E-state index contributed by atoms with van der Waals surface area (Å²) in [6.07, 6.45) is 70.4. The number of ether oxygens (including phenoxy) is 3. The van der Waals surface area contributed by atoms with Gasteiger partial charge in [-0.3, -0.25) is 14.4 Å². The van der Waals surface area contributed by atoms with Crippen molar-refractivity contribution in [1.29, 1.82) is 0 Å². The lowest BCUT2D eigenvalue weighted by molar-refractivity contribution is -0.167. The van der Waals surface area contributed by atoms with Crippen LogP contribution in [-0.4, -0.2) is 37.2 Å². The predicted molar refractivity (Wildman–Crippen MR) is 288 cm³/mol. The molecule has 0 saturated carbocycles. The minimum absolute atomic E-state index is 0.0811. The second-order valence-electron chi connectivity index (χ2n) is 18.8. The first-order valence-electron chi connectivity index (χ1n) is 28.4. The highest BCUT2D eigenvalue weighted by Crippen LogP contribution is 2.15. The van der Waals surface area contributed by atoms with Crippen LogP contribution in [0.4, 0.5) is 0 Å². The fourth-order valence-electron chi connectivity index (χ4n) is 7.93. The van der Waals surface area contributed by atoms with Gasteiger partial charge in [0.2, 0.25) is 0 Å². The molecule has 0 aromatic rings. The van der Waals surface area contributed by atoms with Crippen molar-refractivity contribution >= 4 is 17.9 Å². The van der Waals surface area contributed by atoms with E-state index >= 15 is 0 Å². The van der Waals surface area contributed by atoms with Crippen molar-refractivity contribution in [2.75, 3.05) is 13.2 Å². The minimum atomic E-state index is -0.783. The van der Waals surface area contributed by atoms with Crippen molar-refractivity contribution in [3.63, 3.8) is 0 Å². The van der Waals surface area contributed by atoms with Crippen molar-refractivity contribution < 1.29 is 28.6 Å². The van der Waals surface area contributed by atoms with Gasteiger partial charge >= 0.3 is 17.9 Å².